The van der Waals surface area contributed by atoms with Gasteiger partial charge in [0.2, 0.25) is 0 Å². The summed E-state index contributed by atoms with van der Waals surface area (Å²) in [7, 11) is 0. The maximum absolute atomic E-state index is 12.3. The molecule has 2 nitrogen and oxygen atoms in total. The Labute approximate surface area is 92.9 Å². The van der Waals surface area contributed by atoms with Gasteiger partial charge in [0.15, 0.2) is 0 Å². The second-order valence-electron chi connectivity index (χ2n) is 3.11. The van der Waals surface area contributed by atoms with E-state index in [1.54, 1.807) is 0 Å². The molecule has 0 aliphatic rings. The Balaban J connectivity index is 2.80. The van der Waals surface area contributed by atoms with Crippen LogP contribution >= 0.6 is 0 Å². The maximum Gasteiger partial charge on any atom is 0.263 e. The van der Waals surface area contributed by atoms with Crippen molar-refractivity contribution in [2.75, 3.05) is 6.54 Å². The molecular formula is C12H10F2N2. The van der Waals surface area contributed by atoms with Gasteiger partial charge in [-0.3, -0.25) is 5.32 Å². The fourth-order valence-corrected chi connectivity index (χ4v) is 1.23. The summed E-state index contributed by atoms with van der Waals surface area (Å²) >= 11 is 0. The fourth-order valence-electron chi connectivity index (χ4n) is 1.23. The third-order valence-electron chi connectivity index (χ3n) is 2.06. The molecule has 0 aliphatic heterocycles. The third-order valence-corrected chi connectivity index (χ3v) is 2.06. The summed E-state index contributed by atoms with van der Waals surface area (Å²) in [5.74, 6) is 2.35. The molecule has 16 heavy (non-hydrogen) atoms. The predicted molar refractivity (Wildman–Crippen MR) is 56.6 cm³/mol. The van der Waals surface area contributed by atoms with Crippen LogP contribution in [0.2, 0.25) is 0 Å². The van der Waals surface area contributed by atoms with Crippen LogP contribution in [0.4, 0.5) is 8.78 Å². The summed E-state index contributed by atoms with van der Waals surface area (Å²) in [6.45, 7) is 0.259. The highest BCUT2D eigenvalue weighted by atomic mass is 19.3. The summed E-state index contributed by atoms with van der Waals surface area (Å²) in [4.78, 5) is 0. The van der Waals surface area contributed by atoms with E-state index in [0.29, 0.717) is 5.56 Å². The Kier molecular flexibility index (Phi) is 4.44. The molecule has 0 spiro atoms. The van der Waals surface area contributed by atoms with Crippen molar-refractivity contribution in [1.29, 1.82) is 5.26 Å². The zero-order valence-electron chi connectivity index (χ0n) is 8.45. The van der Waals surface area contributed by atoms with Crippen molar-refractivity contribution in [3.05, 3.63) is 35.4 Å². The van der Waals surface area contributed by atoms with Crippen LogP contribution in [0.5, 0.6) is 0 Å². The van der Waals surface area contributed by atoms with Crippen molar-refractivity contribution < 1.29 is 8.78 Å². The van der Waals surface area contributed by atoms with E-state index in [2.05, 4.69) is 11.2 Å². The van der Waals surface area contributed by atoms with E-state index in [-0.39, 0.29) is 12.1 Å². The number of benzene rings is 1. The first-order valence-electron chi connectivity index (χ1n) is 4.63. The lowest BCUT2D eigenvalue weighted by molar-refractivity contribution is 0.151. The summed E-state index contributed by atoms with van der Waals surface area (Å²) in [6, 6.07) is 7.05. The average molecular weight is 220 g/mol. The van der Waals surface area contributed by atoms with Crippen molar-refractivity contribution in [3.63, 3.8) is 0 Å². The van der Waals surface area contributed by atoms with Gasteiger partial charge in [-0.1, -0.05) is 30.2 Å². The van der Waals surface area contributed by atoms with Gasteiger partial charge in [-0.25, -0.2) is 8.78 Å². The second-order valence-corrected chi connectivity index (χ2v) is 3.11. The summed E-state index contributed by atoms with van der Waals surface area (Å²) in [5.41, 5.74) is 0.569. The highest BCUT2D eigenvalue weighted by Crippen LogP contribution is 2.20. The largest absolute Gasteiger partial charge is 0.287 e. The monoisotopic (exact) mass is 220 g/mol. The first-order valence-corrected chi connectivity index (χ1v) is 4.63. The summed E-state index contributed by atoms with van der Waals surface area (Å²) < 4.78 is 24.6. The topological polar surface area (TPSA) is 35.8 Å². The van der Waals surface area contributed by atoms with Crippen molar-refractivity contribution in [2.45, 2.75) is 12.5 Å². The Hall–Kier alpha value is -1.91. The summed E-state index contributed by atoms with van der Waals surface area (Å²) in [6.07, 6.45) is 2.56. The minimum atomic E-state index is -2.49. The van der Waals surface area contributed by atoms with E-state index in [9.17, 15) is 8.78 Å². The van der Waals surface area contributed by atoms with Crippen LogP contribution in [-0.2, 0) is 0 Å². The standard InChI is InChI=1S/C12H10F2N2/c1-2-7-16-11(8-15)9-3-5-10(6-4-9)12(13)14/h1,3-6,11-12,16H,7H2. The molecule has 1 aromatic carbocycles. The smallest absolute Gasteiger partial charge is 0.263 e. The molecule has 1 unspecified atom stereocenters. The van der Waals surface area contributed by atoms with Gasteiger partial charge in [-0.2, -0.15) is 5.26 Å². The Bertz CT molecular complexity index is 412. The lowest BCUT2D eigenvalue weighted by Crippen LogP contribution is -2.20. The van der Waals surface area contributed by atoms with E-state index in [0.717, 1.165) is 0 Å². The number of nitrogens with zero attached hydrogens (tertiary/aromatic N) is 1. The molecule has 0 amide bonds. The maximum atomic E-state index is 12.3. The molecule has 1 rings (SSSR count). The molecule has 1 N–H and O–H groups in total. The van der Waals surface area contributed by atoms with Crippen molar-refractivity contribution in [2.24, 2.45) is 0 Å². The Morgan fingerprint density at radius 2 is 1.81 bits per heavy atom. The van der Waals surface area contributed by atoms with Crippen LogP contribution in [-0.4, -0.2) is 6.54 Å². The molecule has 0 radical (unpaired) electrons. The lowest BCUT2D eigenvalue weighted by atomic mass is 10.1. The van der Waals surface area contributed by atoms with Crippen molar-refractivity contribution >= 4 is 0 Å². The van der Waals surface area contributed by atoms with Gasteiger partial charge >= 0.3 is 0 Å². The molecule has 0 bridgehead atoms. The molecule has 0 saturated carbocycles. The number of nitrogens with one attached hydrogen (secondary N) is 1. The van der Waals surface area contributed by atoms with Crippen molar-refractivity contribution in [3.8, 4) is 18.4 Å². The van der Waals surface area contributed by atoms with Crippen LogP contribution in [0.15, 0.2) is 24.3 Å². The van der Waals surface area contributed by atoms with Gasteiger partial charge in [-0.05, 0) is 5.56 Å². The van der Waals surface area contributed by atoms with Gasteiger partial charge in [0, 0.05) is 5.56 Å². The van der Waals surface area contributed by atoms with Gasteiger partial charge in [0.05, 0.1) is 12.6 Å². The number of hydrogen-bond acceptors (Lipinski definition) is 2. The predicted octanol–water partition coefficient (Wildman–Crippen LogP) is 2.41. The van der Waals surface area contributed by atoms with Crippen molar-refractivity contribution in [1.82, 2.24) is 5.32 Å². The van der Waals surface area contributed by atoms with E-state index >= 15 is 0 Å². The normalized spacial score (nSPS) is 11.8. The van der Waals surface area contributed by atoms with Gasteiger partial charge < -0.3 is 0 Å². The molecule has 0 saturated heterocycles. The lowest BCUT2D eigenvalue weighted by Gasteiger charge is -2.10. The molecule has 0 aliphatic carbocycles. The van der Waals surface area contributed by atoms with Crippen LogP contribution in [0.3, 0.4) is 0 Å². The third kappa shape index (κ3) is 3.05. The van der Waals surface area contributed by atoms with Crippen LogP contribution in [0.1, 0.15) is 23.6 Å². The summed E-state index contributed by atoms with van der Waals surface area (Å²) in [5, 5.41) is 11.7. The Morgan fingerprint density at radius 1 is 1.25 bits per heavy atom. The molecule has 1 aromatic rings. The minimum Gasteiger partial charge on any atom is -0.287 e. The molecule has 82 valence electrons. The second kappa shape index (κ2) is 5.85. The number of halogens is 2. The fraction of sp³-hybridized carbons (Fsp3) is 0.250. The van der Waals surface area contributed by atoms with Crippen LogP contribution in [0, 0.1) is 23.7 Å². The highest BCUT2D eigenvalue weighted by molar-refractivity contribution is 5.28. The number of nitriles is 1. The van der Waals surface area contributed by atoms with E-state index in [1.165, 1.54) is 24.3 Å². The Morgan fingerprint density at radius 3 is 2.25 bits per heavy atom. The molecule has 0 fully saturated rings. The van der Waals surface area contributed by atoms with Crippen LogP contribution < -0.4 is 5.32 Å². The minimum absolute atomic E-state index is 0.0580. The zero-order valence-corrected chi connectivity index (χ0v) is 8.45. The van der Waals surface area contributed by atoms with Crippen LogP contribution in [0.25, 0.3) is 0 Å². The zero-order chi connectivity index (χ0) is 12.0. The SMILES string of the molecule is C#CCNC(C#N)c1ccc(C(F)F)cc1. The van der Waals surface area contributed by atoms with E-state index < -0.39 is 12.5 Å². The number of rotatable bonds is 4. The molecule has 4 heteroatoms. The quantitative estimate of drug-likeness (QED) is 0.791. The first kappa shape index (κ1) is 12.2. The van der Waals surface area contributed by atoms with Gasteiger partial charge in [-0.15, -0.1) is 6.42 Å². The molecule has 0 heterocycles. The number of terminal acetylenes is 1. The molecule has 1 atom stereocenters. The highest BCUT2D eigenvalue weighted by Gasteiger charge is 2.11. The van der Waals surface area contributed by atoms with E-state index in [1.807, 2.05) is 6.07 Å². The first-order chi connectivity index (χ1) is 7.69. The average Bonchev–Trinajstić information content (AvgIpc) is 2.30. The molecule has 0 aromatic heterocycles. The number of alkyl halides is 2. The van der Waals surface area contributed by atoms with E-state index in [4.69, 9.17) is 11.7 Å². The van der Waals surface area contributed by atoms with Gasteiger partial charge in [0.1, 0.15) is 6.04 Å². The van der Waals surface area contributed by atoms with Gasteiger partial charge in [0.25, 0.3) is 6.43 Å². The molecular weight excluding hydrogens is 210 g/mol. The number of hydrogen-bond donors (Lipinski definition) is 1.